The molecule has 3 rings (SSSR count). The fourth-order valence-electron chi connectivity index (χ4n) is 3.07. The van der Waals surface area contributed by atoms with Crippen molar-refractivity contribution in [3.63, 3.8) is 0 Å². The number of nitro groups is 1. The second kappa shape index (κ2) is 8.93. The predicted octanol–water partition coefficient (Wildman–Crippen LogP) is 3.09. The van der Waals surface area contributed by atoms with Gasteiger partial charge in [0.25, 0.3) is 5.69 Å². The standard InChI is InChI=1S/C19H20N4O5S/c1-12(24)20-19-21-16(7-4-13-2-5-15(6-3-13)23(27)28)17(29-19)11-22-9-8-14(10-22)18(25)26/h2-7,14H,8-11H2,1H3,(H,25,26)(H,20,21,24)/t14-/m0/s1. The summed E-state index contributed by atoms with van der Waals surface area (Å²) in [5.74, 6) is -1.37. The number of carbonyl (C=O) groups is 2. The average Bonchev–Trinajstić information content (AvgIpc) is 3.27. The van der Waals surface area contributed by atoms with Crippen LogP contribution >= 0.6 is 11.3 Å². The van der Waals surface area contributed by atoms with Gasteiger partial charge in [0, 0.05) is 37.0 Å². The first-order valence-electron chi connectivity index (χ1n) is 8.97. The van der Waals surface area contributed by atoms with Crippen molar-refractivity contribution in [3.8, 4) is 0 Å². The number of carboxylic acid groups (broad SMARTS) is 1. The average molecular weight is 416 g/mol. The number of aromatic nitrogens is 1. The lowest BCUT2D eigenvalue weighted by Crippen LogP contribution is -2.22. The summed E-state index contributed by atoms with van der Waals surface area (Å²) in [5, 5.41) is 23.1. The van der Waals surface area contributed by atoms with Crippen molar-refractivity contribution in [1.82, 2.24) is 9.88 Å². The number of amides is 1. The number of non-ortho nitro benzene ring substituents is 1. The van der Waals surface area contributed by atoms with Crippen LogP contribution in [0, 0.1) is 16.0 Å². The first-order valence-corrected chi connectivity index (χ1v) is 9.78. The van der Waals surface area contributed by atoms with E-state index in [0.717, 1.165) is 10.4 Å². The number of nitro benzene ring substituents is 1. The number of nitrogens with one attached hydrogen (secondary N) is 1. The van der Waals surface area contributed by atoms with Gasteiger partial charge in [0.1, 0.15) is 0 Å². The van der Waals surface area contributed by atoms with Crippen LogP contribution in [0.25, 0.3) is 12.2 Å². The molecular weight excluding hydrogens is 396 g/mol. The van der Waals surface area contributed by atoms with Crippen molar-refractivity contribution in [1.29, 1.82) is 0 Å². The van der Waals surface area contributed by atoms with Gasteiger partial charge in [0.15, 0.2) is 5.13 Å². The van der Waals surface area contributed by atoms with Crippen molar-refractivity contribution in [3.05, 3.63) is 50.5 Å². The molecule has 0 radical (unpaired) electrons. The molecule has 1 aromatic carbocycles. The molecule has 29 heavy (non-hydrogen) atoms. The molecule has 0 spiro atoms. The van der Waals surface area contributed by atoms with Crippen LogP contribution in [-0.4, -0.2) is 44.9 Å². The normalized spacial score (nSPS) is 16.9. The third kappa shape index (κ3) is 5.46. The minimum Gasteiger partial charge on any atom is -0.481 e. The van der Waals surface area contributed by atoms with Gasteiger partial charge in [0.05, 0.1) is 16.5 Å². The molecular formula is C19H20N4O5S. The van der Waals surface area contributed by atoms with E-state index in [1.807, 2.05) is 0 Å². The molecule has 10 heteroatoms. The number of nitrogens with zero attached hydrogens (tertiary/aromatic N) is 3. The number of benzene rings is 1. The number of carboxylic acids is 1. The van der Waals surface area contributed by atoms with E-state index in [4.69, 9.17) is 0 Å². The van der Waals surface area contributed by atoms with Crippen LogP contribution in [0.4, 0.5) is 10.8 Å². The molecule has 1 atom stereocenters. The van der Waals surface area contributed by atoms with E-state index < -0.39 is 10.9 Å². The molecule has 1 aliphatic rings. The quantitative estimate of drug-likeness (QED) is 0.525. The van der Waals surface area contributed by atoms with E-state index in [0.29, 0.717) is 36.9 Å². The van der Waals surface area contributed by atoms with Gasteiger partial charge in [-0.1, -0.05) is 17.4 Å². The lowest BCUT2D eigenvalue weighted by molar-refractivity contribution is -0.384. The summed E-state index contributed by atoms with van der Waals surface area (Å²) in [7, 11) is 0. The minimum absolute atomic E-state index is 0.0199. The molecule has 0 bridgehead atoms. The number of likely N-dealkylation sites (tertiary alicyclic amines) is 1. The molecule has 0 saturated carbocycles. The molecule has 9 nitrogen and oxygen atoms in total. The van der Waals surface area contributed by atoms with Crippen molar-refractivity contribution in [2.24, 2.45) is 5.92 Å². The molecule has 1 saturated heterocycles. The van der Waals surface area contributed by atoms with Crippen LogP contribution < -0.4 is 5.32 Å². The summed E-state index contributed by atoms with van der Waals surface area (Å²) in [5.41, 5.74) is 1.48. The third-order valence-corrected chi connectivity index (χ3v) is 5.51. The van der Waals surface area contributed by atoms with Gasteiger partial charge in [-0.2, -0.15) is 0 Å². The number of carbonyl (C=O) groups excluding carboxylic acids is 1. The van der Waals surface area contributed by atoms with E-state index in [2.05, 4.69) is 15.2 Å². The number of thiazole rings is 1. The monoisotopic (exact) mass is 416 g/mol. The van der Waals surface area contributed by atoms with E-state index in [1.54, 1.807) is 24.3 Å². The van der Waals surface area contributed by atoms with Gasteiger partial charge in [-0.05, 0) is 36.7 Å². The van der Waals surface area contributed by atoms with Crippen LogP contribution in [0.1, 0.15) is 29.5 Å². The Morgan fingerprint density at radius 1 is 1.38 bits per heavy atom. The van der Waals surface area contributed by atoms with Gasteiger partial charge in [-0.15, -0.1) is 0 Å². The molecule has 1 aliphatic heterocycles. The lowest BCUT2D eigenvalue weighted by atomic mass is 10.1. The fourth-order valence-corrected chi connectivity index (χ4v) is 4.11. The van der Waals surface area contributed by atoms with E-state index >= 15 is 0 Å². The Labute approximate surface area is 170 Å². The Hall–Kier alpha value is -3.11. The number of hydrogen-bond acceptors (Lipinski definition) is 7. The second-order valence-corrected chi connectivity index (χ2v) is 7.83. The zero-order valence-corrected chi connectivity index (χ0v) is 16.5. The summed E-state index contributed by atoms with van der Waals surface area (Å²) >= 11 is 1.35. The van der Waals surface area contributed by atoms with Crippen LogP contribution in [0.3, 0.4) is 0 Å². The summed E-state index contributed by atoms with van der Waals surface area (Å²) in [6.45, 7) is 3.12. The van der Waals surface area contributed by atoms with Gasteiger partial charge >= 0.3 is 5.97 Å². The zero-order valence-electron chi connectivity index (χ0n) is 15.7. The van der Waals surface area contributed by atoms with Crippen LogP contribution in [0.2, 0.25) is 0 Å². The highest BCUT2D eigenvalue weighted by Crippen LogP contribution is 2.28. The number of anilines is 1. The molecule has 2 aromatic rings. The molecule has 1 fully saturated rings. The maximum absolute atomic E-state index is 11.4. The highest BCUT2D eigenvalue weighted by molar-refractivity contribution is 7.16. The van der Waals surface area contributed by atoms with Crippen molar-refractivity contribution in [2.75, 3.05) is 18.4 Å². The third-order valence-electron chi connectivity index (χ3n) is 4.54. The first-order chi connectivity index (χ1) is 13.8. The van der Waals surface area contributed by atoms with E-state index in [-0.39, 0.29) is 17.5 Å². The Morgan fingerprint density at radius 3 is 2.69 bits per heavy atom. The van der Waals surface area contributed by atoms with Gasteiger partial charge in [-0.25, -0.2) is 4.98 Å². The van der Waals surface area contributed by atoms with Gasteiger partial charge in [0.2, 0.25) is 5.91 Å². The largest absolute Gasteiger partial charge is 0.481 e. The highest BCUT2D eigenvalue weighted by Gasteiger charge is 2.28. The maximum Gasteiger partial charge on any atom is 0.307 e. The molecule has 152 valence electrons. The Balaban J connectivity index is 1.78. The molecule has 0 aliphatic carbocycles. The summed E-state index contributed by atoms with van der Waals surface area (Å²) in [6.07, 6.45) is 4.20. The topological polar surface area (TPSA) is 126 Å². The summed E-state index contributed by atoms with van der Waals surface area (Å²) in [4.78, 5) is 40.3. The summed E-state index contributed by atoms with van der Waals surface area (Å²) in [6, 6.07) is 6.15. The van der Waals surface area contributed by atoms with Crippen molar-refractivity contribution in [2.45, 2.75) is 19.9 Å². The lowest BCUT2D eigenvalue weighted by Gasteiger charge is -2.14. The van der Waals surface area contributed by atoms with Crippen molar-refractivity contribution < 1.29 is 19.6 Å². The molecule has 2 N–H and O–H groups in total. The molecule has 2 heterocycles. The van der Waals surface area contributed by atoms with Gasteiger partial charge in [-0.3, -0.25) is 24.6 Å². The molecule has 1 amide bonds. The number of rotatable bonds is 7. The predicted molar refractivity (Wildman–Crippen MR) is 109 cm³/mol. The molecule has 0 unspecified atom stereocenters. The fraction of sp³-hybridized carbons (Fsp3) is 0.316. The van der Waals surface area contributed by atoms with Crippen LogP contribution in [0.15, 0.2) is 24.3 Å². The number of hydrogen-bond donors (Lipinski definition) is 2. The smallest absolute Gasteiger partial charge is 0.307 e. The Kier molecular flexibility index (Phi) is 6.35. The first kappa shape index (κ1) is 20.6. The Bertz CT molecular complexity index is 954. The van der Waals surface area contributed by atoms with Crippen molar-refractivity contribution >= 4 is 46.2 Å². The Morgan fingerprint density at radius 2 is 2.10 bits per heavy atom. The van der Waals surface area contributed by atoms with Crippen LogP contribution in [-0.2, 0) is 16.1 Å². The van der Waals surface area contributed by atoms with E-state index in [1.165, 1.54) is 30.4 Å². The second-order valence-electron chi connectivity index (χ2n) is 6.75. The highest BCUT2D eigenvalue weighted by atomic mass is 32.1. The van der Waals surface area contributed by atoms with E-state index in [9.17, 15) is 24.8 Å². The SMILES string of the molecule is CC(=O)Nc1nc(C=Cc2ccc([N+](=O)[O-])cc2)c(CN2CC[C@H](C(=O)O)C2)s1. The molecule has 1 aromatic heterocycles. The number of aliphatic carboxylic acids is 1. The summed E-state index contributed by atoms with van der Waals surface area (Å²) < 4.78 is 0. The van der Waals surface area contributed by atoms with Gasteiger partial charge < -0.3 is 10.4 Å². The zero-order chi connectivity index (χ0) is 21.0. The minimum atomic E-state index is -0.783. The maximum atomic E-state index is 11.4. The van der Waals surface area contributed by atoms with Crippen LogP contribution in [0.5, 0.6) is 0 Å².